The lowest BCUT2D eigenvalue weighted by atomic mass is 9.99. The van der Waals surface area contributed by atoms with Gasteiger partial charge >= 0.3 is 11.7 Å². The molecule has 0 fully saturated rings. The molecule has 0 unspecified atom stereocenters. The summed E-state index contributed by atoms with van der Waals surface area (Å²) in [4.78, 5) is 24.5. The number of imidazole rings is 1. The summed E-state index contributed by atoms with van der Waals surface area (Å²) in [6, 6.07) is 14.7. The molecule has 0 saturated carbocycles. The van der Waals surface area contributed by atoms with Gasteiger partial charge in [-0.05, 0) is 56.0 Å². The standard InChI is InChI=1S/C25H28N2O3/c1-5-6-9-20-17-27(25(2,3)4)24(30)26(20)16-18-12-14-19(15-13-18)21-10-7-8-11-22(21)23(28)29/h6-15,17H,5,16H2,1-4H3,(H,28,29)/b9-6+. The van der Waals surface area contributed by atoms with Crippen LogP contribution < -0.4 is 5.69 Å². The zero-order valence-electron chi connectivity index (χ0n) is 17.9. The highest BCUT2D eigenvalue weighted by Crippen LogP contribution is 2.24. The third-order valence-corrected chi connectivity index (χ3v) is 5.02. The van der Waals surface area contributed by atoms with Crippen molar-refractivity contribution in [2.45, 2.75) is 46.2 Å². The van der Waals surface area contributed by atoms with Crippen molar-refractivity contribution in [3.8, 4) is 11.1 Å². The number of hydrogen-bond acceptors (Lipinski definition) is 2. The van der Waals surface area contributed by atoms with Gasteiger partial charge in [0.2, 0.25) is 0 Å². The summed E-state index contributed by atoms with van der Waals surface area (Å²) < 4.78 is 3.54. The molecule has 3 aromatic rings. The minimum absolute atomic E-state index is 0.0430. The van der Waals surface area contributed by atoms with Crippen molar-refractivity contribution in [2.75, 3.05) is 0 Å². The van der Waals surface area contributed by atoms with Gasteiger partial charge in [-0.15, -0.1) is 0 Å². The summed E-state index contributed by atoms with van der Waals surface area (Å²) in [5.41, 5.74) is 3.29. The average Bonchev–Trinajstić information content (AvgIpc) is 3.03. The van der Waals surface area contributed by atoms with Gasteiger partial charge in [0.15, 0.2) is 0 Å². The maximum absolute atomic E-state index is 13.0. The number of aromatic carboxylic acids is 1. The molecule has 0 saturated heterocycles. The van der Waals surface area contributed by atoms with E-state index < -0.39 is 5.97 Å². The molecular formula is C25H28N2O3. The van der Waals surface area contributed by atoms with Gasteiger partial charge in [-0.1, -0.05) is 55.5 Å². The Kier molecular flexibility index (Phi) is 6.11. The average molecular weight is 405 g/mol. The van der Waals surface area contributed by atoms with Gasteiger partial charge in [0, 0.05) is 11.7 Å². The Morgan fingerprint density at radius 3 is 2.33 bits per heavy atom. The van der Waals surface area contributed by atoms with E-state index in [1.807, 2.05) is 69.5 Å². The number of carbonyl (C=O) groups is 1. The fraction of sp³-hybridized carbons (Fsp3) is 0.280. The van der Waals surface area contributed by atoms with Crippen LogP contribution >= 0.6 is 0 Å². The lowest BCUT2D eigenvalue weighted by Crippen LogP contribution is -2.34. The molecule has 0 radical (unpaired) electrons. The van der Waals surface area contributed by atoms with Crippen molar-refractivity contribution in [1.82, 2.24) is 9.13 Å². The van der Waals surface area contributed by atoms with Crippen molar-refractivity contribution < 1.29 is 9.90 Å². The first kappa shape index (κ1) is 21.4. The molecule has 0 bridgehead atoms. The molecule has 0 aliphatic rings. The van der Waals surface area contributed by atoms with Crippen LogP contribution in [0.2, 0.25) is 0 Å². The third kappa shape index (κ3) is 4.46. The van der Waals surface area contributed by atoms with Gasteiger partial charge in [0.05, 0.1) is 17.8 Å². The summed E-state index contributed by atoms with van der Waals surface area (Å²) >= 11 is 0. The van der Waals surface area contributed by atoms with Crippen LogP contribution in [0.3, 0.4) is 0 Å². The molecular weight excluding hydrogens is 376 g/mol. The van der Waals surface area contributed by atoms with Crippen LogP contribution in [0.15, 0.2) is 65.6 Å². The van der Waals surface area contributed by atoms with E-state index >= 15 is 0 Å². The van der Waals surface area contributed by atoms with Crippen LogP contribution in [0, 0.1) is 0 Å². The van der Waals surface area contributed by atoms with Gasteiger partial charge in [0.25, 0.3) is 0 Å². The Morgan fingerprint density at radius 1 is 1.07 bits per heavy atom. The van der Waals surface area contributed by atoms with E-state index in [0.29, 0.717) is 12.1 Å². The molecule has 30 heavy (non-hydrogen) atoms. The van der Waals surface area contributed by atoms with Crippen LogP contribution in [0.25, 0.3) is 17.2 Å². The topological polar surface area (TPSA) is 64.2 Å². The van der Waals surface area contributed by atoms with Gasteiger partial charge in [-0.2, -0.15) is 0 Å². The molecule has 0 atom stereocenters. The highest BCUT2D eigenvalue weighted by atomic mass is 16.4. The lowest BCUT2D eigenvalue weighted by Gasteiger charge is -2.19. The summed E-state index contributed by atoms with van der Waals surface area (Å²) in [6.45, 7) is 8.56. The summed E-state index contributed by atoms with van der Waals surface area (Å²) in [7, 11) is 0. The maximum Gasteiger partial charge on any atom is 0.336 e. The molecule has 1 N–H and O–H groups in total. The summed E-state index contributed by atoms with van der Waals surface area (Å²) in [5, 5.41) is 9.43. The highest BCUT2D eigenvalue weighted by Gasteiger charge is 2.20. The molecule has 2 aromatic carbocycles. The van der Waals surface area contributed by atoms with Gasteiger partial charge in [-0.3, -0.25) is 9.13 Å². The molecule has 0 spiro atoms. The Labute approximate surface area is 176 Å². The Morgan fingerprint density at radius 2 is 1.73 bits per heavy atom. The van der Waals surface area contributed by atoms with Gasteiger partial charge in [0.1, 0.15) is 0 Å². The predicted octanol–water partition coefficient (Wildman–Crippen LogP) is 5.24. The largest absolute Gasteiger partial charge is 0.478 e. The molecule has 5 heteroatoms. The van der Waals surface area contributed by atoms with Crippen molar-refractivity contribution >= 4 is 12.0 Å². The van der Waals surface area contributed by atoms with Crippen LogP contribution in [0.1, 0.15) is 55.7 Å². The Balaban J connectivity index is 1.96. The number of allylic oxidation sites excluding steroid dienone is 1. The number of nitrogens with zero attached hydrogens (tertiary/aromatic N) is 2. The minimum Gasteiger partial charge on any atom is -0.478 e. The normalized spacial score (nSPS) is 11.9. The van der Waals surface area contributed by atoms with E-state index in [2.05, 4.69) is 6.92 Å². The number of aromatic nitrogens is 2. The number of benzene rings is 2. The third-order valence-electron chi connectivity index (χ3n) is 5.02. The van der Waals surface area contributed by atoms with Crippen LogP contribution in [-0.4, -0.2) is 20.2 Å². The zero-order chi connectivity index (χ0) is 21.9. The summed E-state index contributed by atoms with van der Waals surface area (Å²) in [6.07, 6.45) is 6.84. The molecule has 5 nitrogen and oxygen atoms in total. The van der Waals surface area contributed by atoms with E-state index in [9.17, 15) is 14.7 Å². The molecule has 0 aliphatic heterocycles. The maximum atomic E-state index is 13.0. The van der Waals surface area contributed by atoms with Gasteiger partial charge in [-0.25, -0.2) is 9.59 Å². The molecule has 0 amide bonds. The van der Waals surface area contributed by atoms with Crippen LogP contribution in [0.4, 0.5) is 0 Å². The van der Waals surface area contributed by atoms with E-state index in [1.165, 1.54) is 0 Å². The smallest absolute Gasteiger partial charge is 0.336 e. The van der Waals surface area contributed by atoms with E-state index in [-0.39, 0.29) is 16.8 Å². The molecule has 156 valence electrons. The number of carboxylic acid groups (broad SMARTS) is 1. The van der Waals surface area contributed by atoms with E-state index in [0.717, 1.165) is 23.2 Å². The second-order valence-corrected chi connectivity index (χ2v) is 8.32. The molecule has 1 heterocycles. The summed E-state index contributed by atoms with van der Waals surface area (Å²) in [5.74, 6) is -0.947. The van der Waals surface area contributed by atoms with Gasteiger partial charge < -0.3 is 5.11 Å². The monoisotopic (exact) mass is 404 g/mol. The van der Waals surface area contributed by atoms with E-state index in [1.54, 1.807) is 27.3 Å². The molecule has 3 rings (SSSR count). The zero-order valence-corrected chi connectivity index (χ0v) is 17.9. The first-order chi connectivity index (χ1) is 14.2. The number of carboxylic acids is 1. The molecule has 0 aliphatic carbocycles. The predicted molar refractivity (Wildman–Crippen MR) is 121 cm³/mol. The molecule has 1 aromatic heterocycles. The van der Waals surface area contributed by atoms with Crippen molar-refractivity contribution in [3.05, 3.63) is 88.1 Å². The quantitative estimate of drug-likeness (QED) is 0.611. The Bertz CT molecular complexity index is 1130. The van der Waals surface area contributed by atoms with E-state index in [4.69, 9.17) is 0 Å². The van der Waals surface area contributed by atoms with Crippen molar-refractivity contribution in [3.63, 3.8) is 0 Å². The Hall–Kier alpha value is -3.34. The fourth-order valence-corrected chi connectivity index (χ4v) is 3.40. The second-order valence-electron chi connectivity index (χ2n) is 8.32. The highest BCUT2D eigenvalue weighted by molar-refractivity contribution is 5.95. The van der Waals surface area contributed by atoms with Crippen LogP contribution in [-0.2, 0) is 12.1 Å². The van der Waals surface area contributed by atoms with Crippen molar-refractivity contribution in [2.24, 2.45) is 0 Å². The second kappa shape index (κ2) is 8.57. The first-order valence-corrected chi connectivity index (χ1v) is 10.1. The first-order valence-electron chi connectivity index (χ1n) is 10.1. The van der Waals surface area contributed by atoms with Crippen molar-refractivity contribution in [1.29, 1.82) is 0 Å². The fourth-order valence-electron chi connectivity index (χ4n) is 3.40. The SMILES string of the molecule is CC/C=C/c1cn(C(C)(C)C)c(=O)n1Cc1ccc(-c2ccccc2C(=O)O)cc1. The number of rotatable bonds is 6. The van der Waals surface area contributed by atoms with Crippen LogP contribution in [0.5, 0.6) is 0 Å². The minimum atomic E-state index is -0.947. The number of hydrogen-bond donors (Lipinski definition) is 1. The lowest BCUT2D eigenvalue weighted by molar-refractivity contribution is 0.0697.